The SMILES string of the molecule is CCc1cc(NCC(C)(C)OC)nc(C)n1. The normalized spacial score (nSPS) is 11.6. The van der Waals surface area contributed by atoms with E-state index in [-0.39, 0.29) is 5.60 Å². The molecule has 0 unspecified atom stereocenters. The van der Waals surface area contributed by atoms with Gasteiger partial charge in [-0.1, -0.05) is 6.92 Å². The van der Waals surface area contributed by atoms with Crippen LogP contribution >= 0.6 is 0 Å². The largest absolute Gasteiger partial charge is 0.377 e. The number of aryl methyl sites for hydroxylation is 2. The van der Waals surface area contributed by atoms with Gasteiger partial charge in [0.2, 0.25) is 0 Å². The lowest BCUT2D eigenvalue weighted by atomic mass is 10.1. The second-order valence-corrected chi connectivity index (χ2v) is 4.46. The molecule has 1 aromatic heterocycles. The lowest BCUT2D eigenvalue weighted by molar-refractivity contribution is 0.0343. The number of methoxy groups -OCH3 is 1. The highest BCUT2D eigenvalue weighted by atomic mass is 16.5. The van der Waals surface area contributed by atoms with Gasteiger partial charge in [-0.05, 0) is 27.2 Å². The lowest BCUT2D eigenvalue weighted by Crippen LogP contribution is -2.32. The second kappa shape index (κ2) is 5.25. The fourth-order valence-electron chi connectivity index (χ4n) is 1.28. The van der Waals surface area contributed by atoms with E-state index in [4.69, 9.17) is 4.74 Å². The fraction of sp³-hybridized carbons (Fsp3) is 0.667. The Hall–Kier alpha value is -1.16. The predicted molar refractivity (Wildman–Crippen MR) is 65.7 cm³/mol. The molecule has 16 heavy (non-hydrogen) atoms. The van der Waals surface area contributed by atoms with Gasteiger partial charge in [0, 0.05) is 25.4 Å². The smallest absolute Gasteiger partial charge is 0.130 e. The Bertz CT molecular complexity index is 350. The van der Waals surface area contributed by atoms with Crippen molar-refractivity contribution in [2.24, 2.45) is 0 Å². The number of aromatic nitrogens is 2. The van der Waals surface area contributed by atoms with Crippen LogP contribution in [0.25, 0.3) is 0 Å². The van der Waals surface area contributed by atoms with Crippen LogP contribution in [0, 0.1) is 6.92 Å². The molecular weight excluding hydrogens is 202 g/mol. The lowest BCUT2D eigenvalue weighted by Gasteiger charge is -2.23. The predicted octanol–water partition coefficient (Wildman–Crippen LogP) is 2.18. The highest BCUT2D eigenvalue weighted by Gasteiger charge is 2.16. The first-order chi connectivity index (χ1) is 7.46. The first-order valence-electron chi connectivity index (χ1n) is 5.60. The van der Waals surface area contributed by atoms with E-state index in [1.54, 1.807) is 7.11 Å². The van der Waals surface area contributed by atoms with Gasteiger partial charge in [-0.2, -0.15) is 0 Å². The fourth-order valence-corrected chi connectivity index (χ4v) is 1.28. The number of ether oxygens (including phenoxy) is 1. The summed E-state index contributed by atoms with van der Waals surface area (Å²) in [5, 5.41) is 3.28. The summed E-state index contributed by atoms with van der Waals surface area (Å²) in [6.45, 7) is 8.79. The van der Waals surface area contributed by atoms with Gasteiger partial charge < -0.3 is 10.1 Å². The minimum atomic E-state index is -0.189. The van der Waals surface area contributed by atoms with E-state index >= 15 is 0 Å². The Morgan fingerprint density at radius 1 is 1.38 bits per heavy atom. The maximum atomic E-state index is 5.34. The Morgan fingerprint density at radius 3 is 2.62 bits per heavy atom. The van der Waals surface area contributed by atoms with Crippen molar-refractivity contribution >= 4 is 5.82 Å². The Balaban J connectivity index is 2.70. The van der Waals surface area contributed by atoms with Gasteiger partial charge >= 0.3 is 0 Å². The molecule has 0 bridgehead atoms. The molecule has 1 aromatic rings. The molecule has 0 saturated carbocycles. The molecule has 0 atom stereocenters. The molecule has 0 spiro atoms. The van der Waals surface area contributed by atoms with E-state index in [1.807, 2.05) is 26.8 Å². The summed E-state index contributed by atoms with van der Waals surface area (Å²) in [5.74, 6) is 1.67. The van der Waals surface area contributed by atoms with Gasteiger partial charge in [-0.15, -0.1) is 0 Å². The Kier molecular flexibility index (Phi) is 4.24. The number of hydrogen-bond donors (Lipinski definition) is 1. The highest BCUT2D eigenvalue weighted by Crippen LogP contribution is 2.11. The molecule has 0 aliphatic carbocycles. The van der Waals surface area contributed by atoms with Crippen LogP contribution < -0.4 is 5.32 Å². The van der Waals surface area contributed by atoms with E-state index in [9.17, 15) is 0 Å². The maximum absolute atomic E-state index is 5.34. The van der Waals surface area contributed by atoms with E-state index in [1.165, 1.54) is 0 Å². The average Bonchev–Trinajstić information content (AvgIpc) is 2.26. The van der Waals surface area contributed by atoms with Crippen molar-refractivity contribution < 1.29 is 4.74 Å². The van der Waals surface area contributed by atoms with Crippen LogP contribution in [0.2, 0.25) is 0 Å². The molecule has 90 valence electrons. The van der Waals surface area contributed by atoms with Gasteiger partial charge in [0.1, 0.15) is 11.6 Å². The standard InChI is InChI=1S/C12H21N3O/c1-6-10-7-11(15-9(2)14-10)13-8-12(3,4)16-5/h7H,6,8H2,1-5H3,(H,13,14,15). The second-order valence-electron chi connectivity index (χ2n) is 4.46. The molecule has 4 heteroatoms. The highest BCUT2D eigenvalue weighted by molar-refractivity contribution is 5.36. The molecule has 0 amide bonds. The number of nitrogens with one attached hydrogen (secondary N) is 1. The van der Waals surface area contributed by atoms with Crippen LogP contribution in [0.15, 0.2) is 6.07 Å². The third-order valence-corrected chi connectivity index (χ3v) is 2.50. The summed E-state index contributed by atoms with van der Waals surface area (Å²) in [7, 11) is 1.71. The molecule has 0 saturated heterocycles. The van der Waals surface area contributed by atoms with Crippen molar-refractivity contribution in [3.05, 3.63) is 17.6 Å². The van der Waals surface area contributed by atoms with Crippen molar-refractivity contribution in [1.82, 2.24) is 9.97 Å². The summed E-state index contributed by atoms with van der Waals surface area (Å²) in [5.41, 5.74) is 0.871. The topological polar surface area (TPSA) is 47.0 Å². The number of rotatable bonds is 5. The van der Waals surface area contributed by atoms with Gasteiger partial charge in [0.05, 0.1) is 5.60 Å². The molecule has 1 heterocycles. The Labute approximate surface area is 97.5 Å². The maximum Gasteiger partial charge on any atom is 0.130 e. The van der Waals surface area contributed by atoms with Crippen molar-refractivity contribution in [2.45, 2.75) is 39.7 Å². The van der Waals surface area contributed by atoms with Crippen LogP contribution in [0.5, 0.6) is 0 Å². The molecule has 0 aliphatic heterocycles. The van der Waals surface area contributed by atoms with Crippen LogP contribution in [0.4, 0.5) is 5.82 Å². The van der Waals surface area contributed by atoms with Crippen molar-refractivity contribution in [1.29, 1.82) is 0 Å². The molecule has 0 aliphatic rings. The zero-order chi connectivity index (χ0) is 12.2. The summed E-state index contributed by atoms with van der Waals surface area (Å²) in [6, 6.07) is 1.98. The van der Waals surface area contributed by atoms with E-state index in [0.29, 0.717) is 0 Å². The third kappa shape index (κ3) is 3.77. The van der Waals surface area contributed by atoms with Crippen LogP contribution in [-0.4, -0.2) is 29.2 Å². The van der Waals surface area contributed by atoms with Crippen LogP contribution in [0.3, 0.4) is 0 Å². The summed E-state index contributed by atoms with van der Waals surface area (Å²) >= 11 is 0. The van der Waals surface area contributed by atoms with E-state index < -0.39 is 0 Å². The van der Waals surface area contributed by atoms with Gasteiger partial charge in [0.25, 0.3) is 0 Å². The van der Waals surface area contributed by atoms with E-state index in [2.05, 4.69) is 22.2 Å². The van der Waals surface area contributed by atoms with Crippen molar-refractivity contribution in [3.8, 4) is 0 Å². The zero-order valence-corrected chi connectivity index (χ0v) is 10.8. The van der Waals surface area contributed by atoms with Crippen LogP contribution in [-0.2, 0) is 11.2 Å². The van der Waals surface area contributed by atoms with Gasteiger partial charge in [-0.25, -0.2) is 9.97 Å². The van der Waals surface area contributed by atoms with Crippen LogP contribution in [0.1, 0.15) is 32.3 Å². The quantitative estimate of drug-likeness (QED) is 0.831. The van der Waals surface area contributed by atoms with Gasteiger partial charge in [-0.3, -0.25) is 0 Å². The number of nitrogens with zero attached hydrogens (tertiary/aromatic N) is 2. The zero-order valence-electron chi connectivity index (χ0n) is 10.8. The monoisotopic (exact) mass is 223 g/mol. The molecule has 0 radical (unpaired) electrons. The summed E-state index contributed by atoms with van der Waals surface area (Å²) in [6.07, 6.45) is 0.922. The average molecular weight is 223 g/mol. The van der Waals surface area contributed by atoms with E-state index in [0.717, 1.165) is 30.3 Å². The molecule has 0 aromatic carbocycles. The van der Waals surface area contributed by atoms with Crippen molar-refractivity contribution in [3.63, 3.8) is 0 Å². The molecule has 1 rings (SSSR count). The number of anilines is 1. The molecular formula is C12H21N3O. The summed E-state index contributed by atoms with van der Waals surface area (Å²) in [4.78, 5) is 8.68. The minimum Gasteiger partial charge on any atom is -0.377 e. The Morgan fingerprint density at radius 2 is 2.06 bits per heavy atom. The first kappa shape index (κ1) is 12.9. The van der Waals surface area contributed by atoms with Crippen molar-refractivity contribution in [2.75, 3.05) is 19.0 Å². The van der Waals surface area contributed by atoms with Gasteiger partial charge in [0.15, 0.2) is 0 Å². The third-order valence-electron chi connectivity index (χ3n) is 2.50. The first-order valence-corrected chi connectivity index (χ1v) is 5.60. The molecule has 4 nitrogen and oxygen atoms in total. The summed E-state index contributed by atoms with van der Waals surface area (Å²) < 4.78 is 5.34. The molecule has 0 fully saturated rings. The number of hydrogen-bond acceptors (Lipinski definition) is 4. The molecule has 1 N–H and O–H groups in total. The minimum absolute atomic E-state index is 0.189.